The highest BCUT2D eigenvalue weighted by Crippen LogP contribution is 2.16. The Morgan fingerprint density at radius 1 is 1.71 bits per heavy atom. The van der Waals surface area contributed by atoms with Gasteiger partial charge in [0, 0.05) is 11.8 Å². The number of nitrogens with zero attached hydrogens (tertiary/aromatic N) is 1. The Morgan fingerprint density at radius 3 is 2.21 bits per heavy atom. The van der Waals surface area contributed by atoms with Crippen molar-refractivity contribution < 1.29 is 14.8 Å². The lowest BCUT2D eigenvalue weighted by Gasteiger charge is -2.17. The molecule has 1 aliphatic carbocycles. The van der Waals surface area contributed by atoms with Crippen molar-refractivity contribution in [2.24, 2.45) is 5.73 Å². The summed E-state index contributed by atoms with van der Waals surface area (Å²) in [5, 5.41) is 18.3. The van der Waals surface area contributed by atoms with Gasteiger partial charge < -0.3 is 10.8 Å². The van der Waals surface area contributed by atoms with Crippen LogP contribution in [0.3, 0.4) is 0 Å². The number of amides is 1. The summed E-state index contributed by atoms with van der Waals surface area (Å²) in [5.74, 6) is -0.640. The average molecular weight is 204 g/mol. The molecule has 3 N–H and O–H groups in total. The molecule has 0 radical (unpaired) electrons. The fourth-order valence-corrected chi connectivity index (χ4v) is 0.752. The van der Waals surface area contributed by atoms with E-state index in [2.05, 4.69) is 5.73 Å². The molecule has 1 unspecified atom stereocenters. The molecule has 0 heterocycles. The second-order valence-corrected chi connectivity index (χ2v) is 3.39. The van der Waals surface area contributed by atoms with Crippen LogP contribution in [0.2, 0.25) is 0 Å². The lowest BCUT2D eigenvalue weighted by molar-refractivity contribution is -0.516. The van der Waals surface area contributed by atoms with E-state index in [1.165, 1.54) is 13.3 Å². The highest BCUT2D eigenvalue weighted by Gasteiger charge is 2.14. The molecule has 0 spiro atoms. The third kappa shape index (κ3) is 6.36. The van der Waals surface area contributed by atoms with Gasteiger partial charge in [-0.2, -0.15) is 0 Å². The van der Waals surface area contributed by atoms with Crippen molar-refractivity contribution in [1.82, 2.24) is 0 Å². The quantitative estimate of drug-likeness (QED) is 0.500. The maximum Gasteiger partial charge on any atom is 0.224 e. The predicted molar refractivity (Wildman–Crippen MR) is 50.1 cm³/mol. The third-order valence-electron chi connectivity index (χ3n) is 1.93. The smallest absolute Gasteiger partial charge is 0.224 e. The number of aliphatic hydroxyl groups excluding tert-OH is 1. The van der Waals surface area contributed by atoms with Gasteiger partial charge in [-0.3, -0.25) is 14.9 Å². The van der Waals surface area contributed by atoms with Crippen LogP contribution in [0.5, 0.6) is 0 Å². The summed E-state index contributed by atoms with van der Waals surface area (Å²) in [7, 11) is 0. The van der Waals surface area contributed by atoms with Crippen LogP contribution in [0.25, 0.3) is 0 Å². The maximum absolute atomic E-state index is 10.0. The van der Waals surface area contributed by atoms with Crippen LogP contribution in [0.15, 0.2) is 0 Å². The van der Waals surface area contributed by atoms with Gasteiger partial charge >= 0.3 is 0 Å². The summed E-state index contributed by atoms with van der Waals surface area (Å²) in [5.41, 5.74) is 4.69. The Kier molecular flexibility index (Phi) is 5.78. The van der Waals surface area contributed by atoms with Crippen LogP contribution in [0.1, 0.15) is 32.6 Å². The van der Waals surface area contributed by atoms with E-state index in [0.29, 0.717) is 0 Å². The number of hydrogen-bond acceptors (Lipinski definition) is 4. The second-order valence-electron chi connectivity index (χ2n) is 3.39. The van der Waals surface area contributed by atoms with Gasteiger partial charge in [-0.15, -0.1) is 0 Å². The second kappa shape index (κ2) is 6.31. The Morgan fingerprint density at radius 2 is 2.14 bits per heavy atom. The van der Waals surface area contributed by atoms with Crippen LogP contribution < -0.4 is 5.73 Å². The molecule has 1 aliphatic rings. The van der Waals surface area contributed by atoms with E-state index in [9.17, 15) is 14.9 Å². The highest BCUT2D eigenvalue weighted by molar-refractivity contribution is 5.74. The van der Waals surface area contributed by atoms with Crippen molar-refractivity contribution in [3.63, 3.8) is 0 Å². The molecule has 82 valence electrons. The zero-order valence-corrected chi connectivity index (χ0v) is 8.18. The summed E-state index contributed by atoms with van der Waals surface area (Å²) in [6, 6.07) is -0.859. The summed E-state index contributed by atoms with van der Waals surface area (Å²) in [6.07, 6.45) is 3.20. The van der Waals surface area contributed by atoms with Crippen molar-refractivity contribution in [2.75, 3.05) is 0 Å². The van der Waals surface area contributed by atoms with Crippen molar-refractivity contribution in [1.29, 1.82) is 0 Å². The number of rotatable bonds is 3. The van der Waals surface area contributed by atoms with Gasteiger partial charge in [-0.05, 0) is 19.3 Å². The minimum absolute atomic E-state index is 0.0648. The van der Waals surface area contributed by atoms with Gasteiger partial charge in [-0.1, -0.05) is 0 Å². The molecule has 0 aromatic rings. The van der Waals surface area contributed by atoms with Gasteiger partial charge in [0.15, 0.2) is 0 Å². The first kappa shape index (κ1) is 12.8. The van der Waals surface area contributed by atoms with E-state index < -0.39 is 16.9 Å². The molecule has 1 rings (SSSR count). The number of carbonyl (C=O) groups excluding carboxylic acids is 1. The van der Waals surface area contributed by atoms with Crippen molar-refractivity contribution in [3.05, 3.63) is 10.1 Å². The van der Waals surface area contributed by atoms with Crippen LogP contribution >= 0.6 is 0 Å². The standard InChI is InChI=1S/C4H8N2O3.C4H8O/c1-3(6(8)9)2-4(5)7;5-4-2-1-3-4/h3H,2H2,1H3,(H2,5,7);4-5H,1-3H2. The zero-order chi connectivity index (χ0) is 11.1. The van der Waals surface area contributed by atoms with E-state index in [4.69, 9.17) is 5.11 Å². The number of aliphatic hydroxyl groups is 1. The molecule has 0 saturated heterocycles. The molecule has 6 nitrogen and oxygen atoms in total. The van der Waals surface area contributed by atoms with E-state index in [-0.39, 0.29) is 12.5 Å². The number of carbonyl (C=O) groups is 1. The van der Waals surface area contributed by atoms with Gasteiger partial charge in [0.2, 0.25) is 11.9 Å². The molecule has 6 heteroatoms. The van der Waals surface area contributed by atoms with Gasteiger partial charge in [-0.25, -0.2) is 0 Å². The first-order valence-electron chi connectivity index (χ1n) is 4.53. The molecular weight excluding hydrogens is 188 g/mol. The zero-order valence-electron chi connectivity index (χ0n) is 8.18. The Bertz CT molecular complexity index is 204. The Labute approximate surface area is 82.2 Å². The molecule has 0 aromatic heterocycles. The molecule has 0 bridgehead atoms. The number of primary amides is 1. The van der Waals surface area contributed by atoms with Crippen molar-refractivity contribution in [3.8, 4) is 0 Å². The van der Waals surface area contributed by atoms with Gasteiger partial charge in [0.1, 0.15) is 0 Å². The largest absolute Gasteiger partial charge is 0.393 e. The average Bonchev–Trinajstić information content (AvgIpc) is 2.00. The Hall–Kier alpha value is -1.17. The van der Waals surface area contributed by atoms with E-state index in [1.54, 1.807) is 0 Å². The number of nitro groups is 1. The molecule has 1 amide bonds. The molecule has 1 saturated carbocycles. The predicted octanol–water partition coefficient (Wildman–Crippen LogP) is 0.0582. The molecule has 14 heavy (non-hydrogen) atoms. The van der Waals surface area contributed by atoms with E-state index >= 15 is 0 Å². The maximum atomic E-state index is 10.0. The summed E-state index contributed by atoms with van der Waals surface area (Å²) in [6.45, 7) is 1.34. The fourth-order valence-electron chi connectivity index (χ4n) is 0.752. The first-order chi connectivity index (χ1) is 6.43. The molecule has 0 aromatic carbocycles. The van der Waals surface area contributed by atoms with Crippen LogP contribution in [0, 0.1) is 10.1 Å². The van der Waals surface area contributed by atoms with E-state index in [0.717, 1.165) is 12.8 Å². The minimum atomic E-state index is -0.859. The van der Waals surface area contributed by atoms with Gasteiger partial charge in [0.05, 0.1) is 12.5 Å². The monoisotopic (exact) mass is 204 g/mol. The minimum Gasteiger partial charge on any atom is -0.393 e. The summed E-state index contributed by atoms with van der Waals surface area (Å²) in [4.78, 5) is 19.3. The number of hydrogen-bond donors (Lipinski definition) is 2. The van der Waals surface area contributed by atoms with Gasteiger partial charge in [0.25, 0.3) is 0 Å². The van der Waals surface area contributed by atoms with Crippen LogP contribution in [0.4, 0.5) is 0 Å². The van der Waals surface area contributed by atoms with Crippen molar-refractivity contribution >= 4 is 5.91 Å². The Balaban J connectivity index is 0.000000280. The lowest BCUT2D eigenvalue weighted by Crippen LogP contribution is -2.23. The lowest BCUT2D eigenvalue weighted by atomic mass is 9.97. The van der Waals surface area contributed by atoms with Crippen LogP contribution in [-0.2, 0) is 4.79 Å². The van der Waals surface area contributed by atoms with Crippen LogP contribution in [-0.4, -0.2) is 28.1 Å². The fraction of sp³-hybridized carbons (Fsp3) is 0.875. The summed E-state index contributed by atoms with van der Waals surface area (Å²) >= 11 is 0. The summed E-state index contributed by atoms with van der Waals surface area (Å²) < 4.78 is 0. The first-order valence-corrected chi connectivity index (χ1v) is 4.53. The van der Waals surface area contributed by atoms with E-state index in [1.807, 2.05) is 0 Å². The highest BCUT2D eigenvalue weighted by atomic mass is 16.6. The molecule has 1 atom stereocenters. The molecular formula is C8H16N2O4. The topological polar surface area (TPSA) is 106 Å². The molecule has 0 aliphatic heterocycles. The number of nitrogens with two attached hydrogens (primary N) is 1. The van der Waals surface area contributed by atoms with Crippen molar-refractivity contribution in [2.45, 2.75) is 44.8 Å². The molecule has 1 fully saturated rings. The third-order valence-corrected chi connectivity index (χ3v) is 1.93. The normalized spacial score (nSPS) is 17.3. The SMILES string of the molecule is CC(CC(N)=O)[N+](=O)[O-].OC1CCC1.